The summed E-state index contributed by atoms with van der Waals surface area (Å²) in [6, 6.07) is 9.42. The third-order valence-electron chi connectivity index (χ3n) is 5.58. The van der Waals surface area contributed by atoms with Crippen LogP contribution in [0.2, 0.25) is 5.02 Å². The standard InChI is InChI=1S/C25H33ClN6O2/c1-5-32(6-2)14-10-11-17(4)28-20-15-22(31-25(33)34-7-3)30-24-23(20)27-16-21(29-24)18-12-8-9-13-19(18)26/h8-9,12-13,15-17H,5-7,10-11,14H2,1-4H3,(H2,28,29,30,31,33). The first-order valence-corrected chi connectivity index (χ1v) is 12.2. The third-order valence-corrected chi connectivity index (χ3v) is 5.91. The van der Waals surface area contributed by atoms with Crippen LogP contribution in [-0.2, 0) is 4.74 Å². The molecular formula is C25H33ClN6O2. The van der Waals surface area contributed by atoms with Crippen LogP contribution in [0.15, 0.2) is 36.5 Å². The molecule has 1 aromatic carbocycles. The van der Waals surface area contributed by atoms with E-state index in [4.69, 9.17) is 21.3 Å². The highest BCUT2D eigenvalue weighted by Gasteiger charge is 2.15. The van der Waals surface area contributed by atoms with Crippen LogP contribution in [0.4, 0.5) is 16.3 Å². The van der Waals surface area contributed by atoms with Gasteiger partial charge in [0.1, 0.15) is 11.3 Å². The summed E-state index contributed by atoms with van der Waals surface area (Å²) in [5.41, 5.74) is 3.16. The van der Waals surface area contributed by atoms with E-state index < -0.39 is 6.09 Å². The number of hydrogen-bond acceptors (Lipinski definition) is 7. The van der Waals surface area contributed by atoms with Crippen molar-refractivity contribution in [3.63, 3.8) is 0 Å². The molecule has 1 atom stereocenters. The van der Waals surface area contributed by atoms with Gasteiger partial charge in [0.15, 0.2) is 5.65 Å². The Labute approximate surface area is 206 Å². The molecule has 0 saturated carbocycles. The summed E-state index contributed by atoms with van der Waals surface area (Å²) >= 11 is 6.36. The third kappa shape index (κ3) is 6.77. The number of ether oxygens (including phenoxy) is 1. The number of amides is 1. The van der Waals surface area contributed by atoms with Crippen molar-refractivity contribution in [2.24, 2.45) is 0 Å². The highest BCUT2D eigenvalue weighted by molar-refractivity contribution is 6.33. The van der Waals surface area contributed by atoms with Crippen molar-refractivity contribution in [1.29, 1.82) is 0 Å². The van der Waals surface area contributed by atoms with E-state index in [-0.39, 0.29) is 12.6 Å². The molecule has 3 rings (SSSR count). The number of anilines is 2. The number of pyridine rings is 1. The number of fused-ring (bicyclic) bond motifs is 1. The maximum Gasteiger partial charge on any atom is 0.412 e. The number of rotatable bonds is 11. The minimum absolute atomic E-state index is 0.196. The predicted octanol–water partition coefficient (Wildman–Crippen LogP) is 5.84. The molecule has 0 bridgehead atoms. The molecular weight excluding hydrogens is 452 g/mol. The number of halogens is 1. The number of carbonyl (C=O) groups excluding carboxylic acids is 1. The number of hydrogen-bond donors (Lipinski definition) is 2. The van der Waals surface area contributed by atoms with E-state index in [0.29, 0.717) is 27.7 Å². The van der Waals surface area contributed by atoms with Gasteiger partial charge in [-0.25, -0.2) is 19.7 Å². The Morgan fingerprint density at radius 1 is 1.18 bits per heavy atom. The summed E-state index contributed by atoms with van der Waals surface area (Å²) in [5, 5.41) is 6.79. The van der Waals surface area contributed by atoms with E-state index in [1.807, 2.05) is 24.3 Å². The van der Waals surface area contributed by atoms with E-state index in [1.54, 1.807) is 19.2 Å². The lowest BCUT2D eigenvalue weighted by Gasteiger charge is -2.21. The van der Waals surface area contributed by atoms with Crippen molar-refractivity contribution in [3.05, 3.63) is 41.6 Å². The molecule has 9 heteroatoms. The molecule has 0 aliphatic carbocycles. The Balaban J connectivity index is 1.90. The highest BCUT2D eigenvalue weighted by atomic mass is 35.5. The van der Waals surface area contributed by atoms with E-state index >= 15 is 0 Å². The van der Waals surface area contributed by atoms with Gasteiger partial charge < -0.3 is 15.0 Å². The summed E-state index contributed by atoms with van der Waals surface area (Å²) in [7, 11) is 0. The molecule has 0 fully saturated rings. The number of nitrogens with one attached hydrogen (secondary N) is 2. The average molecular weight is 485 g/mol. The monoisotopic (exact) mass is 484 g/mol. The van der Waals surface area contributed by atoms with Gasteiger partial charge in [-0.1, -0.05) is 43.6 Å². The molecule has 8 nitrogen and oxygen atoms in total. The number of nitrogens with zero attached hydrogens (tertiary/aromatic N) is 4. The van der Waals surface area contributed by atoms with Gasteiger partial charge in [0, 0.05) is 17.7 Å². The van der Waals surface area contributed by atoms with Crippen LogP contribution >= 0.6 is 11.6 Å². The zero-order valence-corrected chi connectivity index (χ0v) is 21.0. The molecule has 1 amide bonds. The minimum atomic E-state index is -0.567. The summed E-state index contributed by atoms with van der Waals surface area (Å²) in [4.78, 5) is 28.3. The lowest BCUT2D eigenvalue weighted by atomic mass is 10.1. The van der Waals surface area contributed by atoms with Gasteiger partial charge in [-0.15, -0.1) is 0 Å². The van der Waals surface area contributed by atoms with Crippen LogP contribution in [-0.4, -0.2) is 58.2 Å². The van der Waals surface area contributed by atoms with Crippen molar-refractivity contribution in [2.75, 3.05) is 36.9 Å². The lowest BCUT2D eigenvalue weighted by molar-refractivity contribution is 0.168. The summed E-state index contributed by atoms with van der Waals surface area (Å²) < 4.78 is 5.02. The first-order valence-electron chi connectivity index (χ1n) is 11.8. The van der Waals surface area contributed by atoms with Crippen LogP contribution in [0, 0.1) is 0 Å². The molecule has 34 heavy (non-hydrogen) atoms. The van der Waals surface area contributed by atoms with E-state index in [1.165, 1.54) is 0 Å². The van der Waals surface area contributed by atoms with Gasteiger partial charge in [0.05, 0.1) is 29.2 Å². The maximum atomic E-state index is 12.0. The van der Waals surface area contributed by atoms with E-state index in [2.05, 4.69) is 46.3 Å². The van der Waals surface area contributed by atoms with Gasteiger partial charge in [-0.2, -0.15) is 0 Å². The molecule has 2 N–H and O–H groups in total. The molecule has 0 aliphatic heterocycles. The topological polar surface area (TPSA) is 92.3 Å². The Bertz CT molecular complexity index is 1110. The zero-order valence-electron chi connectivity index (χ0n) is 20.3. The SMILES string of the molecule is CCOC(=O)Nc1cc(NC(C)CCCN(CC)CC)c2ncc(-c3ccccc3Cl)nc2n1. The summed E-state index contributed by atoms with van der Waals surface area (Å²) in [6.45, 7) is 11.7. The zero-order chi connectivity index (χ0) is 24.5. The van der Waals surface area contributed by atoms with Gasteiger partial charge in [0.2, 0.25) is 0 Å². The fraction of sp³-hybridized carbons (Fsp3) is 0.440. The van der Waals surface area contributed by atoms with Crippen molar-refractivity contribution in [2.45, 2.75) is 46.6 Å². The van der Waals surface area contributed by atoms with Crippen molar-refractivity contribution in [1.82, 2.24) is 19.9 Å². The Kier molecular flexibility index (Phi) is 9.42. The fourth-order valence-electron chi connectivity index (χ4n) is 3.74. The van der Waals surface area contributed by atoms with Crippen LogP contribution in [0.25, 0.3) is 22.4 Å². The quantitative estimate of drug-likeness (QED) is 0.353. The molecule has 2 heterocycles. The second kappa shape index (κ2) is 12.5. The fourth-order valence-corrected chi connectivity index (χ4v) is 3.97. The first kappa shape index (κ1) is 25.6. The second-order valence-electron chi connectivity index (χ2n) is 8.02. The lowest BCUT2D eigenvalue weighted by Crippen LogP contribution is -2.25. The van der Waals surface area contributed by atoms with Gasteiger partial charge in [-0.3, -0.25) is 5.32 Å². The minimum Gasteiger partial charge on any atom is -0.450 e. The summed E-state index contributed by atoms with van der Waals surface area (Å²) in [5.74, 6) is 0.342. The number of aromatic nitrogens is 3. The van der Waals surface area contributed by atoms with E-state index in [9.17, 15) is 4.79 Å². The average Bonchev–Trinajstić information content (AvgIpc) is 2.82. The van der Waals surface area contributed by atoms with E-state index in [0.717, 1.165) is 43.7 Å². The smallest absolute Gasteiger partial charge is 0.412 e. The second-order valence-corrected chi connectivity index (χ2v) is 8.43. The normalized spacial score (nSPS) is 12.1. The Morgan fingerprint density at radius 3 is 2.65 bits per heavy atom. The van der Waals surface area contributed by atoms with Crippen LogP contribution in [0.3, 0.4) is 0 Å². The maximum absolute atomic E-state index is 12.0. The van der Waals surface area contributed by atoms with Gasteiger partial charge >= 0.3 is 6.09 Å². The largest absolute Gasteiger partial charge is 0.450 e. The number of benzene rings is 1. The van der Waals surface area contributed by atoms with Crippen molar-refractivity contribution < 1.29 is 9.53 Å². The first-order chi connectivity index (χ1) is 16.4. The molecule has 0 saturated heterocycles. The molecule has 0 spiro atoms. The van der Waals surface area contributed by atoms with Crippen LogP contribution in [0.1, 0.15) is 40.5 Å². The summed E-state index contributed by atoms with van der Waals surface area (Å²) in [6.07, 6.45) is 3.20. The van der Waals surface area contributed by atoms with Crippen molar-refractivity contribution >= 4 is 40.4 Å². The predicted molar refractivity (Wildman–Crippen MR) is 139 cm³/mol. The molecule has 182 valence electrons. The van der Waals surface area contributed by atoms with Crippen LogP contribution < -0.4 is 10.6 Å². The Morgan fingerprint density at radius 2 is 1.94 bits per heavy atom. The van der Waals surface area contributed by atoms with Gasteiger partial charge in [-0.05, 0) is 52.4 Å². The molecule has 1 unspecified atom stereocenters. The number of carbonyl (C=O) groups is 1. The molecule has 2 aromatic heterocycles. The van der Waals surface area contributed by atoms with Gasteiger partial charge in [0.25, 0.3) is 0 Å². The molecule has 0 radical (unpaired) electrons. The van der Waals surface area contributed by atoms with Crippen molar-refractivity contribution in [3.8, 4) is 11.3 Å². The van der Waals surface area contributed by atoms with Crippen LogP contribution in [0.5, 0.6) is 0 Å². The Hall–Kier alpha value is -2.97. The molecule has 0 aliphatic rings. The molecule has 3 aromatic rings. The highest BCUT2D eigenvalue weighted by Crippen LogP contribution is 2.29.